The molecule has 3 aromatic rings. The van der Waals surface area contributed by atoms with Crippen LogP contribution in [0.15, 0.2) is 78.5 Å². The van der Waals surface area contributed by atoms with Crippen molar-refractivity contribution in [3.05, 3.63) is 89.9 Å². The highest BCUT2D eigenvalue weighted by atomic mass is 19.1. The molecule has 3 aromatic carbocycles. The summed E-state index contributed by atoms with van der Waals surface area (Å²) in [4.78, 5) is 27.9. The summed E-state index contributed by atoms with van der Waals surface area (Å²) in [6.07, 6.45) is 0. The second kappa shape index (κ2) is 8.93. The lowest BCUT2D eigenvalue weighted by Crippen LogP contribution is -2.32. The average molecular weight is 432 g/mol. The summed E-state index contributed by atoms with van der Waals surface area (Å²) in [7, 11) is 1.51. The third-order valence-corrected chi connectivity index (χ3v) is 4.94. The number of anilines is 2. The van der Waals surface area contributed by atoms with Crippen molar-refractivity contribution in [1.29, 1.82) is 0 Å². The highest BCUT2D eigenvalue weighted by Crippen LogP contribution is 2.35. The minimum absolute atomic E-state index is 0.0954. The number of nitrogens with zero attached hydrogens (tertiary/aromatic N) is 1. The fourth-order valence-electron chi connectivity index (χ4n) is 3.49. The maximum atomic E-state index is 13.5. The summed E-state index contributed by atoms with van der Waals surface area (Å²) in [5, 5.41) is 3.07. The van der Waals surface area contributed by atoms with Crippen molar-refractivity contribution < 1.29 is 23.5 Å². The molecule has 7 heteroatoms. The number of amides is 2. The van der Waals surface area contributed by atoms with Crippen molar-refractivity contribution in [2.45, 2.75) is 6.92 Å². The van der Waals surface area contributed by atoms with Gasteiger partial charge in [-0.1, -0.05) is 24.3 Å². The van der Waals surface area contributed by atoms with E-state index in [2.05, 4.69) is 5.32 Å². The molecule has 0 aliphatic carbocycles. The second-order valence-electron chi connectivity index (χ2n) is 6.99. The molecule has 0 unspecified atom stereocenters. The minimum Gasteiger partial charge on any atom is -0.497 e. The molecule has 0 saturated heterocycles. The predicted molar refractivity (Wildman–Crippen MR) is 120 cm³/mol. The number of rotatable bonds is 7. The van der Waals surface area contributed by atoms with Gasteiger partial charge >= 0.3 is 0 Å². The predicted octanol–water partition coefficient (Wildman–Crippen LogP) is 4.63. The van der Waals surface area contributed by atoms with Crippen molar-refractivity contribution in [2.24, 2.45) is 0 Å². The van der Waals surface area contributed by atoms with Crippen molar-refractivity contribution >= 4 is 28.8 Å². The number of hydrogen-bond acceptors (Lipinski definition) is 5. The molecule has 0 fully saturated rings. The average Bonchev–Trinajstić information content (AvgIpc) is 3.04. The van der Waals surface area contributed by atoms with Gasteiger partial charge in [-0.2, -0.15) is 0 Å². The molecular weight excluding hydrogens is 411 g/mol. The molecule has 32 heavy (non-hydrogen) atoms. The summed E-state index contributed by atoms with van der Waals surface area (Å²) in [5.41, 5.74) is 1.63. The first-order chi connectivity index (χ1) is 15.5. The third kappa shape index (κ3) is 4.05. The molecule has 1 N–H and O–H groups in total. The van der Waals surface area contributed by atoms with Crippen molar-refractivity contribution in [3.63, 3.8) is 0 Å². The van der Waals surface area contributed by atoms with Gasteiger partial charge in [-0.15, -0.1) is 0 Å². The van der Waals surface area contributed by atoms with Crippen LogP contribution < -0.4 is 19.7 Å². The first-order valence-electron chi connectivity index (χ1n) is 10.0. The monoisotopic (exact) mass is 432 g/mol. The Balaban J connectivity index is 1.79. The highest BCUT2D eigenvalue weighted by molar-refractivity contribution is 6.46. The summed E-state index contributed by atoms with van der Waals surface area (Å²) < 4.78 is 24.3. The molecule has 0 atom stereocenters. The second-order valence-corrected chi connectivity index (χ2v) is 6.99. The summed E-state index contributed by atoms with van der Waals surface area (Å²) in [5.74, 6) is -0.336. The number of halogens is 1. The van der Waals surface area contributed by atoms with Gasteiger partial charge < -0.3 is 14.8 Å². The number of methoxy groups -OCH3 is 1. The smallest absolute Gasteiger partial charge is 0.282 e. The molecule has 0 spiro atoms. The molecule has 1 aliphatic heterocycles. The molecule has 1 heterocycles. The first-order valence-corrected chi connectivity index (χ1v) is 10.0. The van der Waals surface area contributed by atoms with Crippen LogP contribution in [0.5, 0.6) is 11.5 Å². The van der Waals surface area contributed by atoms with Crippen LogP contribution >= 0.6 is 0 Å². The number of ether oxygens (including phenoxy) is 2. The van der Waals surface area contributed by atoms with Crippen LogP contribution in [0.2, 0.25) is 0 Å². The van der Waals surface area contributed by atoms with Gasteiger partial charge in [-0.25, -0.2) is 9.29 Å². The molecule has 2 amide bonds. The van der Waals surface area contributed by atoms with Crippen molar-refractivity contribution in [2.75, 3.05) is 23.9 Å². The number of carbonyl (C=O) groups excluding carboxylic acids is 2. The van der Waals surface area contributed by atoms with Crippen LogP contribution in [0.4, 0.5) is 15.8 Å². The Morgan fingerprint density at radius 1 is 0.906 bits per heavy atom. The molecule has 0 aromatic heterocycles. The number of nitrogens with one attached hydrogen (secondary N) is 1. The Labute approximate surface area is 184 Å². The van der Waals surface area contributed by atoms with Crippen LogP contribution in [0.3, 0.4) is 0 Å². The quantitative estimate of drug-likeness (QED) is 0.552. The number of benzene rings is 3. The molecule has 0 radical (unpaired) electrons. The van der Waals surface area contributed by atoms with E-state index in [4.69, 9.17) is 9.47 Å². The lowest BCUT2D eigenvalue weighted by molar-refractivity contribution is -0.120. The maximum Gasteiger partial charge on any atom is 0.282 e. The van der Waals surface area contributed by atoms with Gasteiger partial charge in [0.25, 0.3) is 11.8 Å². The molecule has 1 aliphatic rings. The zero-order valence-electron chi connectivity index (χ0n) is 17.6. The Hall–Kier alpha value is -4.13. The maximum absolute atomic E-state index is 13.5. The van der Waals surface area contributed by atoms with E-state index in [1.807, 2.05) is 6.92 Å². The first kappa shape index (κ1) is 21.1. The topological polar surface area (TPSA) is 67.9 Å². The van der Waals surface area contributed by atoms with Crippen LogP contribution in [0, 0.1) is 5.82 Å². The van der Waals surface area contributed by atoms with E-state index in [0.29, 0.717) is 35.0 Å². The van der Waals surface area contributed by atoms with Crippen LogP contribution in [0.25, 0.3) is 5.57 Å². The summed E-state index contributed by atoms with van der Waals surface area (Å²) in [6.45, 7) is 2.37. The standard InChI is InChI=1S/C25H21FN2O4/c1-3-32-21-9-4-6-18(14-21)27-23-22(16-10-12-17(26)13-11-16)24(29)28(25(23)30)19-7-5-8-20(15-19)31-2/h4-15,27H,3H2,1-2H3. The van der Waals surface area contributed by atoms with E-state index < -0.39 is 17.6 Å². The molecule has 0 saturated carbocycles. The Morgan fingerprint density at radius 3 is 2.34 bits per heavy atom. The lowest BCUT2D eigenvalue weighted by Gasteiger charge is -2.16. The largest absolute Gasteiger partial charge is 0.497 e. The van der Waals surface area contributed by atoms with Crippen LogP contribution in [0.1, 0.15) is 12.5 Å². The summed E-state index contributed by atoms with van der Waals surface area (Å²) >= 11 is 0. The van der Waals surface area contributed by atoms with Gasteiger partial charge in [0.15, 0.2) is 0 Å². The Bertz CT molecular complexity index is 1200. The van der Waals surface area contributed by atoms with E-state index in [1.54, 1.807) is 48.5 Å². The van der Waals surface area contributed by atoms with Crippen LogP contribution in [-0.4, -0.2) is 25.5 Å². The SMILES string of the molecule is CCOc1cccc(NC2=C(c3ccc(F)cc3)C(=O)N(c3cccc(OC)c3)C2=O)c1. The van der Waals surface area contributed by atoms with Gasteiger partial charge in [-0.05, 0) is 48.9 Å². The van der Waals surface area contributed by atoms with Crippen LogP contribution in [-0.2, 0) is 9.59 Å². The molecule has 4 rings (SSSR count). The third-order valence-electron chi connectivity index (χ3n) is 4.94. The van der Waals surface area contributed by atoms with E-state index in [1.165, 1.54) is 31.4 Å². The zero-order valence-corrected chi connectivity index (χ0v) is 17.6. The highest BCUT2D eigenvalue weighted by Gasteiger charge is 2.40. The fourth-order valence-corrected chi connectivity index (χ4v) is 3.49. The normalized spacial score (nSPS) is 13.5. The number of hydrogen-bond donors (Lipinski definition) is 1. The Morgan fingerprint density at radius 2 is 1.62 bits per heavy atom. The Kier molecular flexibility index (Phi) is 5.89. The van der Waals surface area contributed by atoms with Gasteiger partial charge in [0.2, 0.25) is 0 Å². The van der Waals surface area contributed by atoms with E-state index in [0.717, 1.165) is 4.90 Å². The van der Waals surface area contributed by atoms with E-state index >= 15 is 0 Å². The molecular formula is C25H21FN2O4. The van der Waals surface area contributed by atoms with Crippen molar-refractivity contribution in [1.82, 2.24) is 0 Å². The summed E-state index contributed by atoms with van der Waals surface area (Å²) in [6, 6.07) is 19.2. The van der Waals surface area contributed by atoms with Crippen molar-refractivity contribution in [3.8, 4) is 11.5 Å². The molecule has 162 valence electrons. The fraction of sp³-hybridized carbons (Fsp3) is 0.120. The zero-order chi connectivity index (χ0) is 22.7. The van der Waals surface area contributed by atoms with E-state index in [9.17, 15) is 14.0 Å². The minimum atomic E-state index is -0.524. The van der Waals surface area contributed by atoms with Gasteiger partial charge in [0.05, 0.1) is 25.0 Å². The number of carbonyl (C=O) groups is 2. The van der Waals surface area contributed by atoms with Gasteiger partial charge in [0.1, 0.15) is 23.0 Å². The lowest BCUT2D eigenvalue weighted by atomic mass is 10.0. The van der Waals surface area contributed by atoms with E-state index in [-0.39, 0.29) is 11.3 Å². The van der Waals surface area contributed by atoms with Gasteiger partial charge in [0, 0.05) is 17.8 Å². The molecule has 6 nitrogen and oxygen atoms in total. The van der Waals surface area contributed by atoms with Gasteiger partial charge in [-0.3, -0.25) is 9.59 Å². The number of imide groups is 1. The molecule has 0 bridgehead atoms.